The molecule has 1 heterocycles. The first kappa shape index (κ1) is 13.5. The molecule has 0 saturated heterocycles. The number of carbonyl (C=O) groups is 1. The molecule has 1 aromatic rings. The van der Waals surface area contributed by atoms with Gasteiger partial charge in [0.15, 0.2) is 0 Å². The molecular formula is C10H13NO5S. The Kier molecular flexibility index (Phi) is 3.74. The Balaban J connectivity index is 3.07. The van der Waals surface area contributed by atoms with E-state index in [0.717, 1.165) is 6.07 Å². The topological polar surface area (TPSA) is 96.6 Å². The minimum Gasteiger partial charge on any atom is -0.475 e. The first-order chi connectivity index (χ1) is 7.74. The lowest BCUT2D eigenvalue weighted by molar-refractivity contribution is 0.0661. The van der Waals surface area contributed by atoms with Gasteiger partial charge in [-0.1, -0.05) is 12.2 Å². The molecule has 94 valence electrons. The fourth-order valence-electron chi connectivity index (χ4n) is 1.13. The monoisotopic (exact) mass is 259 g/mol. The van der Waals surface area contributed by atoms with Crippen LogP contribution in [0.4, 0.5) is 0 Å². The fraction of sp³-hybridized carbons (Fsp3) is 0.300. The maximum absolute atomic E-state index is 11.8. The third-order valence-electron chi connectivity index (χ3n) is 1.94. The second-order valence-electron chi connectivity index (χ2n) is 3.62. The highest BCUT2D eigenvalue weighted by Crippen LogP contribution is 2.19. The van der Waals surface area contributed by atoms with Gasteiger partial charge in [0.25, 0.3) is 0 Å². The summed E-state index contributed by atoms with van der Waals surface area (Å²) in [6.45, 7) is 6.72. The first-order valence-corrected chi connectivity index (χ1v) is 6.20. The summed E-state index contributed by atoms with van der Waals surface area (Å²) in [7, 11) is -3.77. The van der Waals surface area contributed by atoms with E-state index in [1.807, 2.05) is 0 Å². The predicted octanol–water partition coefficient (Wildman–Crippen LogP) is 1.14. The molecule has 0 radical (unpaired) electrons. The number of hydrogen-bond donors (Lipinski definition) is 2. The molecule has 2 N–H and O–H groups in total. The third-order valence-corrected chi connectivity index (χ3v) is 3.45. The molecule has 0 aliphatic carbocycles. The van der Waals surface area contributed by atoms with Gasteiger partial charge in [0.2, 0.25) is 15.8 Å². The van der Waals surface area contributed by atoms with Gasteiger partial charge in [-0.3, -0.25) is 0 Å². The van der Waals surface area contributed by atoms with E-state index in [2.05, 4.69) is 11.3 Å². The molecule has 1 rings (SSSR count). The molecule has 0 atom stereocenters. The molecule has 0 bridgehead atoms. The van der Waals surface area contributed by atoms with Gasteiger partial charge >= 0.3 is 5.97 Å². The van der Waals surface area contributed by atoms with E-state index in [9.17, 15) is 13.2 Å². The van der Waals surface area contributed by atoms with Gasteiger partial charge in [-0.25, -0.2) is 17.9 Å². The van der Waals surface area contributed by atoms with Crippen molar-refractivity contribution in [3.05, 3.63) is 29.7 Å². The fourth-order valence-corrected chi connectivity index (χ4v) is 2.41. The molecule has 6 nitrogen and oxygen atoms in total. The minimum atomic E-state index is -3.77. The van der Waals surface area contributed by atoms with Crippen LogP contribution in [0.3, 0.4) is 0 Å². The van der Waals surface area contributed by atoms with Gasteiger partial charge in [0.1, 0.15) is 10.7 Å². The van der Waals surface area contributed by atoms with Gasteiger partial charge in [-0.2, -0.15) is 0 Å². The normalized spacial score (nSPS) is 11.4. The van der Waals surface area contributed by atoms with Crippen LogP contribution < -0.4 is 4.72 Å². The van der Waals surface area contributed by atoms with Gasteiger partial charge < -0.3 is 9.52 Å². The number of carboxylic acid groups (broad SMARTS) is 1. The smallest absolute Gasteiger partial charge is 0.371 e. The van der Waals surface area contributed by atoms with E-state index >= 15 is 0 Å². The van der Waals surface area contributed by atoms with Crippen LogP contribution in [0.2, 0.25) is 0 Å². The van der Waals surface area contributed by atoms with E-state index < -0.39 is 21.8 Å². The molecule has 7 heteroatoms. The molecular weight excluding hydrogens is 246 g/mol. The highest BCUT2D eigenvalue weighted by Gasteiger charge is 2.23. The van der Waals surface area contributed by atoms with Crippen LogP contribution >= 0.6 is 0 Å². The third kappa shape index (κ3) is 3.18. The Morgan fingerprint density at radius 2 is 2.18 bits per heavy atom. The van der Waals surface area contributed by atoms with Crippen molar-refractivity contribution in [1.29, 1.82) is 0 Å². The molecule has 0 saturated carbocycles. The summed E-state index contributed by atoms with van der Waals surface area (Å²) in [5.74, 6) is -1.68. The van der Waals surface area contributed by atoms with Crippen molar-refractivity contribution in [3.63, 3.8) is 0 Å². The molecule has 0 amide bonds. The Bertz CT molecular complexity index is 555. The van der Waals surface area contributed by atoms with Crippen molar-refractivity contribution in [1.82, 2.24) is 4.72 Å². The average molecular weight is 259 g/mol. The van der Waals surface area contributed by atoms with Crippen molar-refractivity contribution in [2.75, 3.05) is 6.54 Å². The molecule has 1 aromatic heterocycles. The SMILES string of the molecule is C=C(C)CNS(=O)(=O)c1cc(C(=O)O)oc1C. The number of rotatable bonds is 5. The molecule has 0 aromatic carbocycles. The van der Waals surface area contributed by atoms with Gasteiger partial charge in [0.05, 0.1) is 0 Å². The summed E-state index contributed by atoms with van der Waals surface area (Å²) in [5.41, 5.74) is 0.646. The van der Waals surface area contributed by atoms with Crippen molar-refractivity contribution >= 4 is 16.0 Å². The van der Waals surface area contributed by atoms with Crippen LogP contribution in [0.1, 0.15) is 23.2 Å². The highest BCUT2D eigenvalue weighted by atomic mass is 32.2. The van der Waals surface area contributed by atoms with Gasteiger partial charge in [-0.15, -0.1) is 0 Å². The summed E-state index contributed by atoms with van der Waals surface area (Å²) in [4.78, 5) is 10.5. The zero-order chi connectivity index (χ0) is 13.2. The summed E-state index contributed by atoms with van der Waals surface area (Å²) in [6.07, 6.45) is 0. The molecule has 0 unspecified atom stereocenters. The molecule has 0 aliphatic heterocycles. The predicted molar refractivity (Wildman–Crippen MR) is 60.4 cm³/mol. The summed E-state index contributed by atoms with van der Waals surface area (Å²) in [6, 6.07) is 0.985. The largest absolute Gasteiger partial charge is 0.475 e. The number of sulfonamides is 1. The average Bonchev–Trinajstić information content (AvgIpc) is 2.58. The van der Waals surface area contributed by atoms with E-state index in [0.29, 0.717) is 5.57 Å². The van der Waals surface area contributed by atoms with Gasteiger partial charge in [0, 0.05) is 12.6 Å². The number of hydrogen-bond acceptors (Lipinski definition) is 4. The Labute approximate surface area is 99.0 Å². The van der Waals surface area contributed by atoms with Gasteiger partial charge in [-0.05, 0) is 13.8 Å². The number of furan rings is 1. The number of aromatic carboxylic acids is 1. The van der Waals surface area contributed by atoms with Crippen molar-refractivity contribution in [2.24, 2.45) is 0 Å². The molecule has 0 spiro atoms. The van der Waals surface area contributed by atoms with Crippen molar-refractivity contribution in [2.45, 2.75) is 18.7 Å². The Hall–Kier alpha value is -1.60. The van der Waals surface area contributed by atoms with Crippen LogP contribution in [-0.4, -0.2) is 26.0 Å². The lowest BCUT2D eigenvalue weighted by Crippen LogP contribution is -2.25. The zero-order valence-electron chi connectivity index (χ0n) is 9.48. The van der Waals surface area contributed by atoms with Crippen LogP contribution in [0.25, 0.3) is 0 Å². The summed E-state index contributed by atoms with van der Waals surface area (Å²) >= 11 is 0. The van der Waals surface area contributed by atoms with Crippen molar-refractivity contribution < 1.29 is 22.7 Å². The summed E-state index contributed by atoms with van der Waals surface area (Å²) < 4.78 is 30.7. The molecule has 0 aliphatic rings. The number of carboxylic acids is 1. The molecule has 0 fully saturated rings. The maximum Gasteiger partial charge on any atom is 0.371 e. The number of aryl methyl sites for hydroxylation is 1. The van der Waals surface area contributed by atoms with E-state index in [-0.39, 0.29) is 17.2 Å². The lowest BCUT2D eigenvalue weighted by atomic mass is 10.4. The van der Waals surface area contributed by atoms with E-state index in [1.54, 1.807) is 6.92 Å². The van der Waals surface area contributed by atoms with Crippen LogP contribution in [0.5, 0.6) is 0 Å². The molecule has 17 heavy (non-hydrogen) atoms. The van der Waals surface area contributed by atoms with E-state index in [1.165, 1.54) is 6.92 Å². The maximum atomic E-state index is 11.8. The minimum absolute atomic E-state index is 0.0385. The van der Waals surface area contributed by atoms with Crippen LogP contribution in [0.15, 0.2) is 27.5 Å². The van der Waals surface area contributed by atoms with Crippen LogP contribution in [-0.2, 0) is 10.0 Å². The Morgan fingerprint density at radius 3 is 2.59 bits per heavy atom. The lowest BCUT2D eigenvalue weighted by Gasteiger charge is -2.04. The second-order valence-corrected chi connectivity index (χ2v) is 5.35. The van der Waals surface area contributed by atoms with E-state index in [4.69, 9.17) is 9.52 Å². The Morgan fingerprint density at radius 1 is 1.59 bits per heavy atom. The quantitative estimate of drug-likeness (QED) is 0.773. The second kappa shape index (κ2) is 4.72. The summed E-state index contributed by atoms with van der Waals surface area (Å²) in [5, 5.41) is 8.68. The zero-order valence-corrected chi connectivity index (χ0v) is 10.3. The van der Waals surface area contributed by atoms with Crippen molar-refractivity contribution in [3.8, 4) is 0 Å². The van der Waals surface area contributed by atoms with Crippen LogP contribution in [0, 0.1) is 6.92 Å². The number of nitrogens with one attached hydrogen (secondary N) is 1. The highest BCUT2D eigenvalue weighted by molar-refractivity contribution is 7.89. The first-order valence-electron chi connectivity index (χ1n) is 4.72. The standard InChI is InChI=1S/C10H13NO5S/c1-6(2)5-11-17(14,15)9-4-8(10(12)13)16-7(9)3/h4,11H,1,5H2,2-3H3,(H,12,13).